The first kappa shape index (κ1) is 14.1. The summed E-state index contributed by atoms with van der Waals surface area (Å²) >= 11 is 0. The summed E-state index contributed by atoms with van der Waals surface area (Å²) in [5.74, 6) is 6.24. The molecule has 21 heavy (non-hydrogen) atoms. The van der Waals surface area contributed by atoms with E-state index in [2.05, 4.69) is 27.0 Å². The van der Waals surface area contributed by atoms with Gasteiger partial charge in [0.15, 0.2) is 0 Å². The van der Waals surface area contributed by atoms with Crippen molar-refractivity contribution in [3.05, 3.63) is 29.6 Å². The van der Waals surface area contributed by atoms with Gasteiger partial charge in [-0.3, -0.25) is 9.78 Å². The first-order valence-corrected chi connectivity index (χ1v) is 7.43. The molecular weight excluding hydrogens is 264 g/mol. The van der Waals surface area contributed by atoms with Crippen LogP contribution in [0.15, 0.2) is 18.5 Å². The van der Waals surface area contributed by atoms with E-state index in [1.165, 1.54) is 25.9 Å². The Morgan fingerprint density at radius 3 is 2.90 bits per heavy atom. The Morgan fingerprint density at radius 1 is 1.43 bits per heavy atom. The molecule has 0 radical (unpaired) electrons. The quantitative estimate of drug-likeness (QED) is 0.762. The third-order valence-corrected chi connectivity index (χ3v) is 4.31. The molecule has 0 saturated carbocycles. The van der Waals surface area contributed by atoms with Crippen LogP contribution in [0.25, 0.3) is 0 Å². The molecule has 1 aromatic rings. The fourth-order valence-corrected chi connectivity index (χ4v) is 3.17. The number of nitrogens with two attached hydrogens (primary N) is 1. The molecule has 5 nitrogen and oxygen atoms in total. The second kappa shape index (κ2) is 6.25. The van der Waals surface area contributed by atoms with Crippen molar-refractivity contribution in [3.8, 4) is 11.8 Å². The minimum absolute atomic E-state index is 0.0577. The van der Waals surface area contributed by atoms with Crippen LogP contribution in [0.2, 0.25) is 0 Å². The predicted octanol–water partition coefficient (Wildman–Crippen LogP) is 0.216. The maximum Gasteiger partial charge on any atom is 0.253 e. The van der Waals surface area contributed by atoms with Crippen LogP contribution in [0.5, 0.6) is 0 Å². The topological polar surface area (TPSA) is 71.2 Å². The van der Waals surface area contributed by atoms with Crippen molar-refractivity contribution in [2.75, 3.05) is 26.2 Å². The Hall–Kier alpha value is -1.90. The third-order valence-electron chi connectivity index (χ3n) is 4.31. The average Bonchev–Trinajstić information content (AvgIpc) is 2.54. The molecule has 3 aliphatic heterocycles. The van der Waals surface area contributed by atoms with Gasteiger partial charge in [-0.2, -0.15) is 0 Å². The molecule has 0 aromatic carbocycles. The number of hydrogen-bond acceptors (Lipinski definition) is 4. The van der Waals surface area contributed by atoms with Gasteiger partial charge in [0, 0.05) is 30.5 Å². The summed E-state index contributed by atoms with van der Waals surface area (Å²) in [6.45, 7) is 3.61. The smallest absolute Gasteiger partial charge is 0.253 e. The van der Waals surface area contributed by atoms with Gasteiger partial charge < -0.3 is 16.0 Å². The molecular formula is C16H20N4O. The van der Waals surface area contributed by atoms with Crippen LogP contribution in [-0.2, 0) is 0 Å². The second-order valence-electron chi connectivity index (χ2n) is 5.69. The molecule has 1 atom stereocenters. The van der Waals surface area contributed by atoms with Crippen molar-refractivity contribution in [1.82, 2.24) is 15.2 Å². The highest BCUT2D eigenvalue weighted by atomic mass is 16.1. The largest absolute Gasteiger partial charge is 0.348 e. The van der Waals surface area contributed by atoms with E-state index in [-0.39, 0.29) is 11.9 Å². The highest BCUT2D eigenvalue weighted by Crippen LogP contribution is 2.27. The van der Waals surface area contributed by atoms with E-state index in [9.17, 15) is 4.79 Å². The number of carbonyl (C=O) groups excluding carboxylic acids is 1. The monoisotopic (exact) mass is 284 g/mol. The van der Waals surface area contributed by atoms with E-state index >= 15 is 0 Å². The molecule has 3 N–H and O–H groups in total. The maximum atomic E-state index is 12.4. The summed E-state index contributed by atoms with van der Waals surface area (Å²) in [5.41, 5.74) is 6.64. The second-order valence-corrected chi connectivity index (χ2v) is 5.69. The van der Waals surface area contributed by atoms with Crippen LogP contribution in [0.3, 0.4) is 0 Å². The van der Waals surface area contributed by atoms with Gasteiger partial charge in [-0.15, -0.1) is 0 Å². The van der Waals surface area contributed by atoms with Gasteiger partial charge >= 0.3 is 0 Å². The summed E-state index contributed by atoms with van der Waals surface area (Å²) in [7, 11) is 0. The van der Waals surface area contributed by atoms with Crippen molar-refractivity contribution in [2.24, 2.45) is 11.7 Å². The lowest BCUT2D eigenvalue weighted by atomic mass is 9.84. The number of carbonyl (C=O) groups is 1. The molecule has 110 valence electrons. The summed E-state index contributed by atoms with van der Waals surface area (Å²) in [4.78, 5) is 18.9. The predicted molar refractivity (Wildman–Crippen MR) is 80.6 cm³/mol. The fraction of sp³-hybridized carbons (Fsp3) is 0.500. The lowest BCUT2D eigenvalue weighted by Crippen LogP contribution is -2.57. The lowest BCUT2D eigenvalue weighted by molar-refractivity contribution is 0.0620. The van der Waals surface area contributed by atoms with Gasteiger partial charge in [0.25, 0.3) is 5.91 Å². The SMILES string of the molecule is NCC#Cc1cncc(C(=O)NC2CN3CCC2CC3)c1. The van der Waals surface area contributed by atoms with Crippen molar-refractivity contribution < 1.29 is 4.79 Å². The van der Waals surface area contributed by atoms with Gasteiger partial charge in [0.1, 0.15) is 0 Å². The number of nitrogens with one attached hydrogen (secondary N) is 1. The number of aromatic nitrogens is 1. The number of hydrogen-bond donors (Lipinski definition) is 2. The van der Waals surface area contributed by atoms with E-state index in [1.54, 1.807) is 18.5 Å². The molecule has 0 aliphatic carbocycles. The number of piperidine rings is 3. The fourth-order valence-electron chi connectivity index (χ4n) is 3.17. The Labute approximate surface area is 124 Å². The normalized spacial score (nSPS) is 26.8. The molecule has 3 fully saturated rings. The lowest BCUT2D eigenvalue weighted by Gasteiger charge is -2.44. The maximum absolute atomic E-state index is 12.4. The zero-order valence-electron chi connectivity index (χ0n) is 12.0. The molecule has 3 saturated heterocycles. The van der Waals surface area contributed by atoms with Crippen LogP contribution in [0, 0.1) is 17.8 Å². The van der Waals surface area contributed by atoms with E-state index in [0.29, 0.717) is 18.0 Å². The Morgan fingerprint density at radius 2 is 2.24 bits per heavy atom. The van der Waals surface area contributed by atoms with E-state index < -0.39 is 0 Å². The standard InChI is InChI=1S/C16H20N4O/c17-5-1-2-12-8-14(10-18-9-12)16(21)19-15-11-20-6-3-13(15)4-7-20/h8-10,13,15H,3-7,11,17H2,(H,19,21). The summed E-state index contributed by atoms with van der Waals surface area (Å²) in [6, 6.07) is 2.03. The molecule has 0 spiro atoms. The average molecular weight is 284 g/mol. The van der Waals surface area contributed by atoms with Crippen molar-refractivity contribution in [3.63, 3.8) is 0 Å². The number of amides is 1. The number of pyridine rings is 1. The van der Waals surface area contributed by atoms with Crippen LogP contribution < -0.4 is 11.1 Å². The van der Waals surface area contributed by atoms with Gasteiger partial charge in [0.2, 0.25) is 0 Å². The van der Waals surface area contributed by atoms with Gasteiger partial charge in [-0.05, 0) is 37.9 Å². The zero-order chi connectivity index (χ0) is 14.7. The van der Waals surface area contributed by atoms with Gasteiger partial charge in [0.05, 0.1) is 12.1 Å². The minimum atomic E-state index is -0.0577. The molecule has 2 bridgehead atoms. The molecule has 3 aliphatic rings. The van der Waals surface area contributed by atoms with Crippen LogP contribution in [0.4, 0.5) is 0 Å². The van der Waals surface area contributed by atoms with Crippen LogP contribution in [0.1, 0.15) is 28.8 Å². The van der Waals surface area contributed by atoms with Crippen molar-refractivity contribution in [2.45, 2.75) is 18.9 Å². The summed E-state index contributed by atoms with van der Waals surface area (Å²) < 4.78 is 0. The zero-order valence-corrected chi connectivity index (χ0v) is 12.0. The van der Waals surface area contributed by atoms with Crippen LogP contribution in [-0.4, -0.2) is 48.0 Å². The van der Waals surface area contributed by atoms with Crippen molar-refractivity contribution in [1.29, 1.82) is 0 Å². The minimum Gasteiger partial charge on any atom is -0.348 e. The first-order chi connectivity index (χ1) is 10.3. The molecule has 1 unspecified atom stereocenters. The Bertz CT molecular complexity index is 581. The molecule has 5 heteroatoms. The van der Waals surface area contributed by atoms with Crippen LogP contribution >= 0.6 is 0 Å². The highest BCUT2D eigenvalue weighted by Gasteiger charge is 2.34. The first-order valence-electron chi connectivity index (χ1n) is 7.43. The highest BCUT2D eigenvalue weighted by molar-refractivity contribution is 5.94. The summed E-state index contributed by atoms with van der Waals surface area (Å²) in [5, 5.41) is 3.16. The summed E-state index contributed by atoms with van der Waals surface area (Å²) in [6.07, 6.45) is 5.61. The van der Waals surface area contributed by atoms with E-state index in [1.807, 2.05) is 0 Å². The van der Waals surface area contributed by atoms with Gasteiger partial charge in [-0.1, -0.05) is 11.8 Å². The Kier molecular flexibility index (Phi) is 4.18. The molecule has 1 aromatic heterocycles. The number of nitrogens with zero attached hydrogens (tertiary/aromatic N) is 2. The van der Waals surface area contributed by atoms with Gasteiger partial charge in [-0.25, -0.2) is 0 Å². The van der Waals surface area contributed by atoms with E-state index in [4.69, 9.17) is 5.73 Å². The molecule has 4 rings (SSSR count). The third kappa shape index (κ3) is 3.23. The van der Waals surface area contributed by atoms with Crippen molar-refractivity contribution >= 4 is 5.91 Å². The molecule has 1 amide bonds. The van der Waals surface area contributed by atoms with E-state index in [0.717, 1.165) is 12.1 Å². The number of rotatable bonds is 2. The molecule has 4 heterocycles. The number of fused-ring (bicyclic) bond motifs is 3. The Balaban J connectivity index is 1.68.